The second-order valence-electron chi connectivity index (χ2n) is 6.50. The van der Waals surface area contributed by atoms with Crippen LogP contribution in [0.2, 0.25) is 0 Å². The van der Waals surface area contributed by atoms with Crippen LogP contribution < -0.4 is 4.74 Å². The number of benzene rings is 1. The first-order valence-corrected chi connectivity index (χ1v) is 8.55. The van der Waals surface area contributed by atoms with E-state index in [-0.39, 0.29) is 17.9 Å². The Morgan fingerprint density at radius 3 is 2.67 bits per heavy atom. The smallest absolute Gasteiger partial charge is 0.249 e. The molecule has 6 heteroatoms. The molecule has 0 bridgehead atoms. The summed E-state index contributed by atoms with van der Waals surface area (Å²) in [5, 5.41) is 4.09. The quantitative estimate of drug-likeness (QED) is 0.862. The maximum atomic E-state index is 12.6. The molecule has 0 N–H and O–H groups in total. The maximum absolute atomic E-state index is 12.6. The van der Waals surface area contributed by atoms with Crippen LogP contribution in [0, 0.1) is 5.92 Å². The van der Waals surface area contributed by atoms with Crippen LogP contribution in [0.25, 0.3) is 11.4 Å². The molecule has 1 atom stereocenters. The van der Waals surface area contributed by atoms with Gasteiger partial charge in [-0.2, -0.15) is 4.98 Å². The van der Waals surface area contributed by atoms with Crippen LogP contribution in [0.1, 0.15) is 44.0 Å². The van der Waals surface area contributed by atoms with E-state index in [0.29, 0.717) is 11.7 Å². The fourth-order valence-corrected chi connectivity index (χ4v) is 3.40. The van der Waals surface area contributed by atoms with E-state index in [9.17, 15) is 4.79 Å². The van der Waals surface area contributed by atoms with Gasteiger partial charge in [-0.25, -0.2) is 0 Å². The van der Waals surface area contributed by atoms with Crippen LogP contribution in [0.4, 0.5) is 0 Å². The zero-order chi connectivity index (χ0) is 16.5. The topological polar surface area (TPSA) is 68.5 Å². The summed E-state index contributed by atoms with van der Waals surface area (Å²) < 4.78 is 10.6. The van der Waals surface area contributed by atoms with Crippen LogP contribution in [0.3, 0.4) is 0 Å². The number of amides is 1. The molecule has 1 aromatic heterocycles. The highest BCUT2D eigenvalue weighted by Crippen LogP contribution is 2.37. The molecule has 0 spiro atoms. The van der Waals surface area contributed by atoms with Gasteiger partial charge in [-0.3, -0.25) is 4.79 Å². The Morgan fingerprint density at radius 1 is 1.21 bits per heavy atom. The molecule has 126 valence electrons. The highest BCUT2D eigenvalue weighted by Gasteiger charge is 2.38. The first-order chi connectivity index (χ1) is 11.8. The average Bonchev–Trinajstić information content (AvgIpc) is 3.22. The van der Waals surface area contributed by atoms with E-state index in [4.69, 9.17) is 9.26 Å². The number of ether oxygens (including phenoxy) is 1. The van der Waals surface area contributed by atoms with Gasteiger partial charge in [-0.15, -0.1) is 0 Å². The first kappa shape index (κ1) is 15.2. The van der Waals surface area contributed by atoms with Gasteiger partial charge < -0.3 is 14.2 Å². The van der Waals surface area contributed by atoms with E-state index in [2.05, 4.69) is 10.1 Å². The number of likely N-dealkylation sites (tertiary alicyclic amines) is 1. The summed E-state index contributed by atoms with van der Waals surface area (Å²) in [6, 6.07) is 7.47. The fraction of sp³-hybridized carbons (Fsp3) is 0.500. The van der Waals surface area contributed by atoms with Gasteiger partial charge >= 0.3 is 0 Å². The number of rotatable bonds is 4. The second kappa shape index (κ2) is 6.26. The Bertz CT molecular complexity index is 721. The van der Waals surface area contributed by atoms with Gasteiger partial charge in [0.1, 0.15) is 11.8 Å². The molecule has 24 heavy (non-hydrogen) atoms. The lowest BCUT2D eigenvalue weighted by molar-refractivity contribution is -0.139. The monoisotopic (exact) mass is 327 g/mol. The summed E-state index contributed by atoms with van der Waals surface area (Å²) in [4.78, 5) is 19.1. The van der Waals surface area contributed by atoms with Crippen molar-refractivity contribution in [2.75, 3.05) is 13.7 Å². The number of hydrogen-bond acceptors (Lipinski definition) is 5. The van der Waals surface area contributed by atoms with E-state index in [0.717, 1.165) is 50.0 Å². The summed E-state index contributed by atoms with van der Waals surface area (Å²) >= 11 is 0. The molecule has 2 aromatic rings. The lowest BCUT2D eigenvalue weighted by Gasteiger charge is -2.31. The molecular weight excluding hydrogens is 306 g/mol. The third kappa shape index (κ3) is 2.66. The molecule has 1 amide bonds. The van der Waals surface area contributed by atoms with Gasteiger partial charge in [0, 0.05) is 18.0 Å². The fourth-order valence-electron chi connectivity index (χ4n) is 3.40. The molecule has 0 unspecified atom stereocenters. The Labute approximate surface area is 140 Å². The molecule has 2 fully saturated rings. The Hall–Kier alpha value is -2.37. The summed E-state index contributed by atoms with van der Waals surface area (Å²) in [6.45, 7) is 0.792. The predicted molar refractivity (Wildman–Crippen MR) is 87.3 cm³/mol. The van der Waals surface area contributed by atoms with Crippen molar-refractivity contribution < 1.29 is 14.1 Å². The largest absolute Gasteiger partial charge is 0.497 e. The van der Waals surface area contributed by atoms with Crippen molar-refractivity contribution in [2.24, 2.45) is 5.92 Å². The summed E-state index contributed by atoms with van der Waals surface area (Å²) in [5.74, 6) is 2.35. The van der Waals surface area contributed by atoms with Crippen LogP contribution >= 0.6 is 0 Å². The van der Waals surface area contributed by atoms with Crippen molar-refractivity contribution in [3.05, 3.63) is 30.2 Å². The molecular formula is C18H21N3O3. The molecule has 2 heterocycles. The second-order valence-corrected chi connectivity index (χ2v) is 6.50. The SMILES string of the molecule is COc1ccc(-c2noc([C@H]3CCCN3C(=O)C3CCC3)n2)cc1. The van der Waals surface area contributed by atoms with Crippen LogP contribution in [-0.4, -0.2) is 34.6 Å². The van der Waals surface area contributed by atoms with Gasteiger partial charge in [-0.1, -0.05) is 11.6 Å². The predicted octanol–water partition coefficient (Wildman–Crippen LogP) is 3.21. The lowest BCUT2D eigenvalue weighted by atomic mass is 9.84. The van der Waals surface area contributed by atoms with E-state index >= 15 is 0 Å². The van der Waals surface area contributed by atoms with Crippen LogP contribution in [-0.2, 0) is 4.79 Å². The van der Waals surface area contributed by atoms with E-state index in [1.807, 2.05) is 29.2 Å². The first-order valence-electron chi connectivity index (χ1n) is 8.55. The summed E-state index contributed by atoms with van der Waals surface area (Å²) in [7, 11) is 1.63. The van der Waals surface area contributed by atoms with Gasteiger partial charge in [0.25, 0.3) is 0 Å². The number of aromatic nitrogens is 2. The normalized spacial score (nSPS) is 20.9. The minimum atomic E-state index is -0.0717. The highest BCUT2D eigenvalue weighted by atomic mass is 16.5. The van der Waals surface area contributed by atoms with Crippen molar-refractivity contribution in [1.82, 2.24) is 15.0 Å². The van der Waals surface area contributed by atoms with Gasteiger partial charge in [0.2, 0.25) is 17.6 Å². The molecule has 0 radical (unpaired) electrons. The van der Waals surface area contributed by atoms with E-state index < -0.39 is 0 Å². The third-order valence-electron chi connectivity index (χ3n) is 5.07. The Morgan fingerprint density at radius 2 is 2.00 bits per heavy atom. The zero-order valence-corrected chi connectivity index (χ0v) is 13.8. The van der Waals surface area contributed by atoms with Crippen molar-refractivity contribution in [1.29, 1.82) is 0 Å². The summed E-state index contributed by atoms with van der Waals surface area (Å²) in [6.07, 6.45) is 5.08. The molecule has 1 aliphatic carbocycles. The number of methoxy groups -OCH3 is 1. The molecule has 1 saturated carbocycles. The number of carbonyl (C=O) groups excluding carboxylic acids is 1. The van der Waals surface area contributed by atoms with Crippen molar-refractivity contribution in [2.45, 2.75) is 38.1 Å². The minimum Gasteiger partial charge on any atom is -0.497 e. The molecule has 1 aromatic carbocycles. The Kier molecular flexibility index (Phi) is 3.96. The van der Waals surface area contributed by atoms with Crippen LogP contribution in [0.15, 0.2) is 28.8 Å². The minimum absolute atomic E-state index is 0.0717. The van der Waals surface area contributed by atoms with Crippen molar-refractivity contribution in [3.63, 3.8) is 0 Å². The zero-order valence-electron chi connectivity index (χ0n) is 13.8. The van der Waals surface area contributed by atoms with Crippen LogP contribution in [0.5, 0.6) is 5.75 Å². The lowest BCUT2D eigenvalue weighted by Crippen LogP contribution is -2.38. The number of hydrogen-bond donors (Lipinski definition) is 0. The standard InChI is InChI=1S/C18H21N3O3/c1-23-14-9-7-12(8-10-14)16-19-17(24-20-16)15-6-3-11-21(15)18(22)13-4-2-5-13/h7-10,13,15H,2-6,11H2,1H3/t15-/m1/s1. The van der Waals surface area contributed by atoms with Gasteiger partial charge in [0.15, 0.2) is 0 Å². The summed E-state index contributed by atoms with van der Waals surface area (Å²) in [5.41, 5.74) is 0.876. The molecule has 4 rings (SSSR count). The average molecular weight is 327 g/mol. The van der Waals surface area contributed by atoms with Crippen molar-refractivity contribution >= 4 is 5.91 Å². The van der Waals surface area contributed by atoms with Gasteiger partial charge in [-0.05, 0) is 49.9 Å². The van der Waals surface area contributed by atoms with E-state index in [1.54, 1.807) is 7.11 Å². The molecule has 1 aliphatic heterocycles. The molecule has 1 saturated heterocycles. The van der Waals surface area contributed by atoms with Crippen molar-refractivity contribution in [3.8, 4) is 17.1 Å². The van der Waals surface area contributed by atoms with E-state index in [1.165, 1.54) is 0 Å². The maximum Gasteiger partial charge on any atom is 0.249 e. The van der Waals surface area contributed by atoms with Gasteiger partial charge in [0.05, 0.1) is 7.11 Å². The molecule has 2 aliphatic rings. The molecule has 6 nitrogen and oxygen atoms in total. The highest BCUT2D eigenvalue weighted by molar-refractivity contribution is 5.80. The number of nitrogens with zero attached hydrogens (tertiary/aromatic N) is 3. The Balaban J connectivity index is 1.53. The number of carbonyl (C=O) groups is 1. The third-order valence-corrected chi connectivity index (χ3v) is 5.07.